The van der Waals surface area contributed by atoms with Crippen LogP contribution in [0.4, 0.5) is 0 Å². The first-order valence-corrected chi connectivity index (χ1v) is 7.24. The Morgan fingerprint density at radius 2 is 2.00 bits per heavy atom. The topological polar surface area (TPSA) is 69.4 Å². The van der Waals surface area contributed by atoms with Gasteiger partial charge in [0.15, 0.2) is 0 Å². The molecule has 96 valence electrons. The van der Waals surface area contributed by atoms with E-state index in [0.717, 1.165) is 17.7 Å². The van der Waals surface area contributed by atoms with Gasteiger partial charge in [0.25, 0.3) is 0 Å². The van der Waals surface area contributed by atoms with Crippen LogP contribution in [0.2, 0.25) is 0 Å². The van der Waals surface area contributed by atoms with Gasteiger partial charge in [0.05, 0.1) is 11.5 Å². The van der Waals surface area contributed by atoms with Gasteiger partial charge in [-0.25, -0.2) is 13.6 Å². The summed E-state index contributed by atoms with van der Waals surface area (Å²) in [5.41, 5.74) is 0.890. The molecule has 0 aliphatic rings. The predicted octanol–water partition coefficient (Wildman–Crippen LogP) is 2.25. The normalized spacial score (nSPS) is 13.4. The van der Waals surface area contributed by atoms with E-state index in [2.05, 4.69) is 0 Å². The van der Waals surface area contributed by atoms with E-state index < -0.39 is 10.0 Å². The molecule has 0 aromatic heterocycles. The first-order chi connectivity index (χ1) is 7.90. The van der Waals surface area contributed by atoms with Crippen LogP contribution in [0.5, 0.6) is 5.75 Å². The van der Waals surface area contributed by atoms with E-state index in [4.69, 9.17) is 9.88 Å². The van der Waals surface area contributed by atoms with E-state index in [9.17, 15) is 8.42 Å². The molecule has 1 aromatic rings. The van der Waals surface area contributed by atoms with Crippen molar-refractivity contribution in [1.82, 2.24) is 0 Å². The van der Waals surface area contributed by atoms with Gasteiger partial charge in [-0.05, 0) is 43.0 Å². The quantitative estimate of drug-likeness (QED) is 0.879. The molecule has 0 bridgehead atoms. The van der Waals surface area contributed by atoms with Crippen molar-refractivity contribution in [1.29, 1.82) is 0 Å². The fourth-order valence-corrected chi connectivity index (χ4v) is 2.14. The zero-order valence-corrected chi connectivity index (χ0v) is 11.3. The Hall–Kier alpha value is -1.07. The van der Waals surface area contributed by atoms with Crippen LogP contribution in [0, 0.1) is 0 Å². The van der Waals surface area contributed by atoms with Crippen LogP contribution < -0.4 is 9.88 Å². The van der Waals surface area contributed by atoms with Crippen molar-refractivity contribution < 1.29 is 13.2 Å². The Labute approximate surface area is 103 Å². The minimum Gasteiger partial charge on any atom is -0.494 e. The maximum Gasteiger partial charge on any atom is 0.238 e. The fourth-order valence-electron chi connectivity index (χ4n) is 1.60. The van der Waals surface area contributed by atoms with Gasteiger partial charge >= 0.3 is 0 Å². The maximum absolute atomic E-state index is 11.3. The van der Waals surface area contributed by atoms with Crippen molar-refractivity contribution in [3.05, 3.63) is 23.8 Å². The van der Waals surface area contributed by atoms with E-state index in [0.29, 0.717) is 6.61 Å². The molecule has 0 saturated heterocycles. The lowest BCUT2D eigenvalue weighted by Gasteiger charge is -2.16. The molecular weight excluding hydrogens is 238 g/mol. The van der Waals surface area contributed by atoms with Gasteiger partial charge in [0.2, 0.25) is 10.0 Å². The second kappa shape index (κ2) is 5.51. The molecule has 2 N–H and O–H groups in total. The van der Waals surface area contributed by atoms with Gasteiger partial charge in [-0.15, -0.1) is 0 Å². The van der Waals surface area contributed by atoms with Crippen LogP contribution in [-0.4, -0.2) is 15.0 Å². The van der Waals surface area contributed by atoms with E-state index >= 15 is 0 Å². The number of sulfonamides is 1. The van der Waals surface area contributed by atoms with Crippen molar-refractivity contribution in [3.63, 3.8) is 0 Å². The van der Waals surface area contributed by atoms with Crippen molar-refractivity contribution in [3.8, 4) is 5.75 Å². The van der Waals surface area contributed by atoms with E-state index in [-0.39, 0.29) is 10.8 Å². The first-order valence-electron chi connectivity index (χ1n) is 5.69. The minimum atomic E-state index is -3.65. The summed E-state index contributed by atoms with van der Waals surface area (Å²) >= 11 is 0. The molecule has 0 amide bonds. The number of rotatable bonds is 5. The lowest BCUT2D eigenvalue weighted by molar-refractivity contribution is 0.334. The Balaban J connectivity index is 3.28. The Bertz CT molecular complexity index is 483. The molecule has 0 aliphatic heterocycles. The Morgan fingerprint density at radius 3 is 2.47 bits per heavy atom. The third-order valence-electron chi connectivity index (χ3n) is 2.75. The Kier molecular flexibility index (Phi) is 4.54. The fraction of sp³-hybridized carbons (Fsp3) is 0.500. The number of hydrogen-bond donors (Lipinski definition) is 1. The molecule has 0 saturated carbocycles. The lowest BCUT2D eigenvalue weighted by atomic mass is 9.98. The van der Waals surface area contributed by atoms with Crippen LogP contribution >= 0.6 is 0 Å². The third-order valence-corrected chi connectivity index (χ3v) is 3.66. The van der Waals surface area contributed by atoms with Gasteiger partial charge in [0.1, 0.15) is 5.75 Å². The summed E-state index contributed by atoms with van der Waals surface area (Å²) in [5.74, 6) is 0.965. The van der Waals surface area contributed by atoms with Crippen LogP contribution in [-0.2, 0) is 10.0 Å². The summed E-state index contributed by atoms with van der Waals surface area (Å²) in [6.45, 7) is 6.53. The SMILES string of the molecule is CCOc1ccc(S(N)(=O)=O)cc1C(C)CC. The number of hydrogen-bond acceptors (Lipinski definition) is 3. The van der Waals surface area contributed by atoms with Gasteiger partial charge in [-0.3, -0.25) is 0 Å². The molecule has 17 heavy (non-hydrogen) atoms. The van der Waals surface area contributed by atoms with E-state index in [1.807, 2.05) is 20.8 Å². The summed E-state index contributed by atoms with van der Waals surface area (Å²) in [6.07, 6.45) is 0.911. The molecule has 0 spiro atoms. The average Bonchev–Trinajstić information content (AvgIpc) is 2.27. The molecule has 1 unspecified atom stereocenters. The predicted molar refractivity (Wildman–Crippen MR) is 67.7 cm³/mol. The monoisotopic (exact) mass is 257 g/mol. The average molecular weight is 257 g/mol. The highest BCUT2D eigenvalue weighted by molar-refractivity contribution is 7.89. The van der Waals surface area contributed by atoms with Crippen molar-refractivity contribution in [2.24, 2.45) is 5.14 Å². The Morgan fingerprint density at radius 1 is 1.35 bits per heavy atom. The molecule has 4 nitrogen and oxygen atoms in total. The smallest absolute Gasteiger partial charge is 0.238 e. The van der Waals surface area contributed by atoms with Crippen molar-refractivity contribution in [2.75, 3.05) is 6.61 Å². The zero-order valence-electron chi connectivity index (χ0n) is 10.4. The molecule has 1 aromatic carbocycles. The molecule has 0 heterocycles. The van der Waals surface area contributed by atoms with Crippen LogP contribution in [0.1, 0.15) is 38.7 Å². The number of nitrogens with two attached hydrogens (primary N) is 1. The highest BCUT2D eigenvalue weighted by atomic mass is 32.2. The number of primary sulfonamides is 1. The minimum absolute atomic E-state index is 0.135. The number of benzene rings is 1. The molecule has 0 radical (unpaired) electrons. The standard InChI is InChI=1S/C12H19NO3S/c1-4-9(3)11-8-10(17(13,14)15)6-7-12(11)16-5-2/h6-9H,4-5H2,1-3H3,(H2,13,14,15). The largest absolute Gasteiger partial charge is 0.494 e. The van der Waals surface area contributed by atoms with Crippen LogP contribution in [0.25, 0.3) is 0 Å². The van der Waals surface area contributed by atoms with Crippen molar-refractivity contribution in [2.45, 2.75) is 38.0 Å². The van der Waals surface area contributed by atoms with E-state index in [1.54, 1.807) is 12.1 Å². The molecule has 5 heteroatoms. The first kappa shape index (κ1) is 14.0. The summed E-state index contributed by atoms with van der Waals surface area (Å²) in [7, 11) is -3.65. The molecule has 1 rings (SSSR count). The molecule has 0 fully saturated rings. The molecular formula is C12H19NO3S. The molecule has 1 atom stereocenters. The maximum atomic E-state index is 11.3. The third kappa shape index (κ3) is 3.44. The number of ether oxygens (including phenoxy) is 1. The van der Waals surface area contributed by atoms with Crippen LogP contribution in [0.15, 0.2) is 23.1 Å². The summed E-state index contributed by atoms with van der Waals surface area (Å²) in [5, 5.41) is 5.12. The van der Waals surface area contributed by atoms with Gasteiger partial charge in [-0.1, -0.05) is 13.8 Å². The summed E-state index contributed by atoms with van der Waals surface area (Å²) in [4.78, 5) is 0.135. The highest BCUT2D eigenvalue weighted by Crippen LogP contribution is 2.30. The summed E-state index contributed by atoms with van der Waals surface area (Å²) < 4.78 is 28.1. The highest BCUT2D eigenvalue weighted by Gasteiger charge is 2.15. The van der Waals surface area contributed by atoms with Gasteiger partial charge in [0, 0.05) is 0 Å². The zero-order chi connectivity index (χ0) is 13.1. The van der Waals surface area contributed by atoms with Gasteiger partial charge in [-0.2, -0.15) is 0 Å². The van der Waals surface area contributed by atoms with Crippen LogP contribution in [0.3, 0.4) is 0 Å². The second-order valence-electron chi connectivity index (χ2n) is 3.99. The van der Waals surface area contributed by atoms with E-state index in [1.165, 1.54) is 6.07 Å². The van der Waals surface area contributed by atoms with Crippen molar-refractivity contribution >= 4 is 10.0 Å². The summed E-state index contributed by atoms with van der Waals surface area (Å²) in [6, 6.07) is 4.76. The lowest BCUT2D eigenvalue weighted by Crippen LogP contribution is -2.13. The molecule has 0 aliphatic carbocycles. The second-order valence-corrected chi connectivity index (χ2v) is 5.55. The van der Waals surface area contributed by atoms with Gasteiger partial charge < -0.3 is 4.74 Å².